The molecule has 0 radical (unpaired) electrons. The number of aliphatic hydroxyl groups is 1. The lowest BCUT2D eigenvalue weighted by molar-refractivity contribution is 0.00426. The van der Waals surface area contributed by atoms with Crippen molar-refractivity contribution in [3.05, 3.63) is 22.8 Å². The highest BCUT2D eigenvalue weighted by Gasteiger charge is 2.27. The van der Waals surface area contributed by atoms with Crippen LogP contribution >= 0.6 is 11.6 Å². The fraction of sp³-hybridized carbons (Fsp3) is 0.556. The Balaban J connectivity index is 2.23. The van der Waals surface area contributed by atoms with Crippen LogP contribution in [0.2, 0.25) is 0 Å². The van der Waals surface area contributed by atoms with E-state index in [1.165, 1.54) is 0 Å². The molecular weight excluding hydrogens is 176 g/mol. The van der Waals surface area contributed by atoms with Gasteiger partial charge >= 0.3 is 0 Å². The number of halogens is 1. The first kappa shape index (κ1) is 8.30. The van der Waals surface area contributed by atoms with E-state index in [-0.39, 0.29) is 12.2 Å². The topological polar surface area (TPSA) is 29.5 Å². The maximum atomic E-state index is 9.59. The molecule has 2 aliphatic rings. The Morgan fingerprint density at radius 3 is 3.25 bits per heavy atom. The number of fused-ring (bicyclic) bond motifs is 1. The average Bonchev–Trinajstić information content (AvgIpc) is 2.07. The summed E-state index contributed by atoms with van der Waals surface area (Å²) in [4.78, 5) is 0. The minimum Gasteiger partial charge on any atom is -0.389 e. The molecule has 1 fully saturated rings. The second-order valence-electron chi connectivity index (χ2n) is 3.13. The van der Waals surface area contributed by atoms with Crippen LogP contribution in [-0.2, 0) is 4.74 Å². The van der Waals surface area contributed by atoms with Crippen LogP contribution in [0, 0.1) is 0 Å². The molecular formula is C9H11ClO2. The van der Waals surface area contributed by atoms with E-state index in [0.717, 1.165) is 12.0 Å². The lowest BCUT2D eigenvalue weighted by Crippen LogP contribution is -2.33. The Morgan fingerprint density at radius 2 is 2.42 bits per heavy atom. The van der Waals surface area contributed by atoms with Crippen molar-refractivity contribution in [2.75, 3.05) is 6.61 Å². The van der Waals surface area contributed by atoms with Gasteiger partial charge in [-0.2, -0.15) is 0 Å². The molecule has 0 saturated carbocycles. The van der Waals surface area contributed by atoms with E-state index in [0.29, 0.717) is 18.1 Å². The smallest absolute Gasteiger partial charge is 0.0848 e. The van der Waals surface area contributed by atoms with Gasteiger partial charge in [-0.3, -0.25) is 0 Å². The molecule has 3 heteroatoms. The summed E-state index contributed by atoms with van der Waals surface area (Å²) in [5.41, 5.74) is 0.939. The van der Waals surface area contributed by atoms with Gasteiger partial charge in [0.1, 0.15) is 0 Å². The van der Waals surface area contributed by atoms with Crippen molar-refractivity contribution in [1.82, 2.24) is 0 Å². The van der Waals surface area contributed by atoms with E-state index >= 15 is 0 Å². The van der Waals surface area contributed by atoms with Crippen molar-refractivity contribution in [3.63, 3.8) is 0 Å². The summed E-state index contributed by atoms with van der Waals surface area (Å²) in [6.07, 6.45) is 4.93. The van der Waals surface area contributed by atoms with Gasteiger partial charge in [0.25, 0.3) is 0 Å². The molecule has 12 heavy (non-hydrogen) atoms. The van der Waals surface area contributed by atoms with Crippen molar-refractivity contribution >= 4 is 11.6 Å². The normalized spacial score (nSPS) is 35.2. The maximum Gasteiger partial charge on any atom is 0.0848 e. The zero-order valence-electron chi connectivity index (χ0n) is 6.66. The monoisotopic (exact) mass is 186 g/mol. The molecule has 0 aromatic carbocycles. The maximum absolute atomic E-state index is 9.59. The molecule has 1 heterocycles. The largest absolute Gasteiger partial charge is 0.389 e. The molecule has 66 valence electrons. The van der Waals surface area contributed by atoms with Gasteiger partial charge in [-0.25, -0.2) is 0 Å². The van der Waals surface area contributed by atoms with Gasteiger partial charge in [-0.05, 0) is 18.1 Å². The van der Waals surface area contributed by atoms with Crippen molar-refractivity contribution in [3.8, 4) is 0 Å². The molecule has 0 aromatic heterocycles. The third-order valence-electron chi connectivity index (χ3n) is 2.30. The van der Waals surface area contributed by atoms with Gasteiger partial charge in [0.05, 0.1) is 18.8 Å². The molecule has 0 bridgehead atoms. The van der Waals surface area contributed by atoms with E-state index < -0.39 is 0 Å². The predicted octanol–water partition coefficient (Wildman–Crippen LogP) is 1.59. The number of hydrogen-bond donors (Lipinski definition) is 1. The molecule has 2 rings (SSSR count). The van der Waals surface area contributed by atoms with E-state index in [2.05, 4.69) is 0 Å². The third-order valence-corrected chi connectivity index (χ3v) is 2.56. The molecule has 2 unspecified atom stereocenters. The summed E-state index contributed by atoms with van der Waals surface area (Å²) < 4.78 is 5.47. The van der Waals surface area contributed by atoms with Crippen LogP contribution in [0.1, 0.15) is 12.8 Å². The van der Waals surface area contributed by atoms with E-state index in [4.69, 9.17) is 16.3 Å². The zero-order valence-corrected chi connectivity index (χ0v) is 7.42. The van der Waals surface area contributed by atoms with Crippen molar-refractivity contribution < 1.29 is 9.84 Å². The summed E-state index contributed by atoms with van der Waals surface area (Å²) in [5.74, 6) is 0. The lowest BCUT2D eigenvalue weighted by Gasteiger charge is -2.31. The number of aliphatic hydroxyl groups excluding tert-OH is 1. The molecule has 1 N–H and O–H groups in total. The standard InChI is InChI=1S/C9H11ClO2/c10-6-1-2-9-7(5-6)8(11)3-4-12-9/h1,5,8-9,11H,2-4H2. The molecule has 2 nitrogen and oxygen atoms in total. The van der Waals surface area contributed by atoms with E-state index in [1.54, 1.807) is 0 Å². The van der Waals surface area contributed by atoms with Gasteiger partial charge in [0.15, 0.2) is 0 Å². The third kappa shape index (κ3) is 1.42. The van der Waals surface area contributed by atoms with Crippen molar-refractivity contribution in [2.24, 2.45) is 0 Å². The second-order valence-corrected chi connectivity index (χ2v) is 3.57. The lowest BCUT2D eigenvalue weighted by atomic mass is 9.93. The van der Waals surface area contributed by atoms with Gasteiger partial charge in [-0.1, -0.05) is 17.7 Å². The Kier molecular flexibility index (Phi) is 2.22. The van der Waals surface area contributed by atoms with E-state index in [1.807, 2.05) is 12.2 Å². The molecule has 2 atom stereocenters. The van der Waals surface area contributed by atoms with Gasteiger partial charge in [0.2, 0.25) is 0 Å². The number of hydrogen-bond acceptors (Lipinski definition) is 2. The highest BCUT2D eigenvalue weighted by molar-refractivity contribution is 6.31. The minimum absolute atomic E-state index is 0.0660. The van der Waals surface area contributed by atoms with Crippen LogP contribution in [0.25, 0.3) is 0 Å². The first-order chi connectivity index (χ1) is 5.77. The highest BCUT2D eigenvalue weighted by atomic mass is 35.5. The quantitative estimate of drug-likeness (QED) is 0.623. The molecule has 0 aromatic rings. The average molecular weight is 187 g/mol. The molecule has 0 amide bonds. The van der Waals surface area contributed by atoms with Gasteiger partial charge in [0, 0.05) is 11.5 Å². The minimum atomic E-state index is -0.355. The van der Waals surface area contributed by atoms with Crippen LogP contribution < -0.4 is 0 Å². The Labute approximate surface area is 76.5 Å². The van der Waals surface area contributed by atoms with Crippen LogP contribution in [-0.4, -0.2) is 23.9 Å². The van der Waals surface area contributed by atoms with Crippen LogP contribution in [0.3, 0.4) is 0 Å². The summed E-state index contributed by atoms with van der Waals surface area (Å²) in [5, 5.41) is 10.3. The first-order valence-electron chi connectivity index (χ1n) is 4.14. The summed E-state index contributed by atoms with van der Waals surface area (Å²) >= 11 is 5.82. The zero-order chi connectivity index (χ0) is 8.55. The molecule has 1 saturated heterocycles. The fourth-order valence-electron chi connectivity index (χ4n) is 1.63. The molecule has 1 aliphatic heterocycles. The highest BCUT2D eigenvalue weighted by Crippen LogP contribution is 2.29. The van der Waals surface area contributed by atoms with Crippen LogP contribution in [0.5, 0.6) is 0 Å². The van der Waals surface area contributed by atoms with Crippen LogP contribution in [0.4, 0.5) is 0 Å². The molecule has 0 spiro atoms. The first-order valence-corrected chi connectivity index (χ1v) is 4.52. The Hall–Kier alpha value is -0.310. The number of allylic oxidation sites excluding steroid dienone is 2. The van der Waals surface area contributed by atoms with Crippen molar-refractivity contribution in [1.29, 1.82) is 0 Å². The van der Waals surface area contributed by atoms with Gasteiger partial charge in [-0.15, -0.1) is 0 Å². The summed E-state index contributed by atoms with van der Waals surface area (Å²) in [6, 6.07) is 0. The Morgan fingerprint density at radius 1 is 1.58 bits per heavy atom. The predicted molar refractivity (Wildman–Crippen MR) is 47.0 cm³/mol. The Bertz CT molecular complexity index is 245. The van der Waals surface area contributed by atoms with Crippen LogP contribution in [0.15, 0.2) is 22.8 Å². The molecule has 1 aliphatic carbocycles. The van der Waals surface area contributed by atoms with Crippen molar-refractivity contribution in [2.45, 2.75) is 25.0 Å². The summed E-state index contributed by atoms with van der Waals surface area (Å²) in [6.45, 7) is 0.647. The fourth-order valence-corrected chi connectivity index (χ4v) is 1.85. The van der Waals surface area contributed by atoms with Gasteiger partial charge < -0.3 is 9.84 Å². The summed E-state index contributed by atoms with van der Waals surface area (Å²) in [7, 11) is 0. The SMILES string of the molecule is OC1CCOC2CC=C(Cl)C=C12. The van der Waals surface area contributed by atoms with E-state index in [9.17, 15) is 5.11 Å². The number of rotatable bonds is 0. The second kappa shape index (κ2) is 3.21. The number of ether oxygens (including phenoxy) is 1.